The van der Waals surface area contributed by atoms with E-state index < -0.39 is 0 Å². The van der Waals surface area contributed by atoms with Crippen LogP contribution in [-0.4, -0.2) is 21.6 Å². The molecule has 0 amide bonds. The van der Waals surface area contributed by atoms with Crippen molar-refractivity contribution in [2.45, 2.75) is 26.1 Å². The smallest absolute Gasteiger partial charge is 0.0657 e. The Labute approximate surface area is 59.2 Å². The van der Waals surface area contributed by atoms with Crippen molar-refractivity contribution < 1.29 is 4.74 Å². The van der Waals surface area contributed by atoms with E-state index in [1.807, 2.05) is 0 Å². The van der Waals surface area contributed by atoms with Gasteiger partial charge >= 0.3 is 0 Å². The van der Waals surface area contributed by atoms with Crippen LogP contribution < -0.4 is 0 Å². The Balaban J connectivity index is 3.18. The van der Waals surface area contributed by atoms with Gasteiger partial charge in [0.2, 0.25) is 0 Å². The zero-order valence-corrected chi connectivity index (χ0v) is 6.39. The van der Waals surface area contributed by atoms with Gasteiger partial charge in [0.25, 0.3) is 0 Å². The highest BCUT2D eigenvalue weighted by atomic mass is 16.5. The maximum Gasteiger partial charge on any atom is 0.0657 e. The van der Waals surface area contributed by atoms with Crippen molar-refractivity contribution in [3.8, 4) is 0 Å². The standard InChI is InChI=1S/C7H15BO/c1-3-4-7(5-8)6-9-2/h7H,3-6H2,1-2H3. The van der Waals surface area contributed by atoms with Crippen LogP contribution in [0.5, 0.6) is 0 Å². The number of ether oxygens (including phenoxy) is 1. The third-order valence-electron chi connectivity index (χ3n) is 1.43. The van der Waals surface area contributed by atoms with E-state index in [0.29, 0.717) is 5.92 Å². The van der Waals surface area contributed by atoms with Crippen molar-refractivity contribution in [3.05, 3.63) is 0 Å². The van der Waals surface area contributed by atoms with Gasteiger partial charge in [0.1, 0.15) is 0 Å². The number of hydrogen-bond acceptors (Lipinski definition) is 1. The summed E-state index contributed by atoms with van der Waals surface area (Å²) in [7, 11) is 7.19. The maximum absolute atomic E-state index is 5.46. The lowest BCUT2D eigenvalue weighted by Crippen LogP contribution is -2.06. The Kier molecular flexibility index (Phi) is 6.17. The van der Waals surface area contributed by atoms with E-state index in [2.05, 4.69) is 6.92 Å². The Morgan fingerprint density at radius 3 is 2.56 bits per heavy atom. The molecule has 0 aliphatic heterocycles. The topological polar surface area (TPSA) is 9.23 Å². The summed E-state index contributed by atoms with van der Waals surface area (Å²) in [5, 5.41) is 0. The molecule has 0 saturated heterocycles. The molecule has 0 heterocycles. The lowest BCUT2D eigenvalue weighted by atomic mass is 9.89. The first-order chi connectivity index (χ1) is 4.35. The van der Waals surface area contributed by atoms with Gasteiger partial charge in [0.15, 0.2) is 0 Å². The van der Waals surface area contributed by atoms with E-state index >= 15 is 0 Å². The van der Waals surface area contributed by atoms with Crippen LogP contribution >= 0.6 is 0 Å². The molecule has 0 aromatic rings. The fourth-order valence-electron chi connectivity index (χ4n) is 0.913. The molecule has 52 valence electrons. The molecule has 0 bridgehead atoms. The van der Waals surface area contributed by atoms with Crippen LogP contribution in [0, 0.1) is 5.92 Å². The molecule has 2 radical (unpaired) electrons. The molecule has 9 heavy (non-hydrogen) atoms. The van der Waals surface area contributed by atoms with Crippen LogP contribution in [0.4, 0.5) is 0 Å². The van der Waals surface area contributed by atoms with E-state index in [1.165, 1.54) is 12.8 Å². The zero-order chi connectivity index (χ0) is 7.11. The van der Waals surface area contributed by atoms with E-state index in [4.69, 9.17) is 12.6 Å². The molecule has 1 nitrogen and oxygen atoms in total. The molecule has 0 aromatic heterocycles. The molecule has 0 aliphatic rings. The summed E-state index contributed by atoms with van der Waals surface area (Å²) in [6.45, 7) is 2.97. The van der Waals surface area contributed by atoms with Crippen molar-refractivity contribution in [2.24, 2.45) is 5.92 Å². The highest BCUT2D eigenvalue weighted by Gasteiger charge is 2.01. The maximum atomic E-state index is 5.46. The quantitative estimate of drug-likeness (QED) is 0.508. The van der Waals surface area contributed by atoms with Gasteiger partial charge in [0, 0.05) is 13.7 Å². The third kappa shape index (κ3) is 4.52. The Morgan fingerprint density at radius 1 is 1.56 bits per heavy atom. The molecule has 0 N–H and O–H groups in total. The van der Waals surface area contributed by atoms with Crippen LogP contribution in [0.25, 0.3) is 0 Å². The van der Waals surface area contributed by atoms with E-state index in [9.17, 15) is 0 Å². The Bertz CT molecular complexity index is 50.9. The molecule has 0 rings (SSSR count). The third-order valence-corrected chi connectivity index (χ3v) is 1.43. The van der Waals surface area contributed by atoms with Gasteiger partial charge in [-0.05, 0) is 12.3 Å². The fraction of sp³-hybridized carbons (Fsp3) is 1.00. The number of rotatable bonds is 5. The van der Waals surface area contributed by atoms with Crippen molar-refractivity contribution >= 4 is 7.85 Å². The van der Waals surface area contributed by atoms with Crippen LogP contribution in [0.2, 0.25) is 6.32 Å². The van der Waals surface area contributed by atoms with E-state index in [1.54, 1.807) is 7.11 Å². The van der Waals surface area contributed by atoms with Gasteiger partial charge in [-0.25, -0.2) is 0 Å². The van der Waals surface area contributed by atoms with Crippen LogP contribution in [0.3, 0.4) is 0 Å². The van der Waals surface area contributed by atoms with Crippen molar-refractivity contribution in [1.82, 2.24) is 0 Å². The van der Waals surface area contributed by atoms with Gasteiger partial charge in [-0.1, -0.05) is 19.7 Å². The van der Waals surface area contributed by atoms with E-state index in [-0.39, 0.29) is 0 Å². The minimum absolute atomic E-state index is 0.569. The summed E-state index contributed by atoms with van der Waals surface area (Å²) in [6.07, 6.45) is 3.14. The van der Waals surface area contributed by atoms with Gasteiger partial charge < -0.3 is 4.74 Å². The molecule has 1 atom stereocenters. The second-order valence-electron chi connectivity index (χ2n) is 2.35. The Morgan fingerprint density at radius 2 is 2.22 bits per heavy atom. The average Bonchev–Trinajstić information content (AvgIpc) is 1.88. The summed E-state index contributed by atoms with van der Waals surface area (Å²) >= 11 is 0. The summed E-state index contributed by atoms with van der Waals surface area (Å²) in [5.74, 6) is 0.569. The van der Waals surface area contributed by atoms with Crippen LogP contribution in [-0.2, 0) is 4.74 Å². The second kappa shape index (κ2) is 6.15. The first-order valence-electron chi connectivity index (χ1n) is 3.54. The molecule has 0 aliphatic carbocycles. The number of hydrogen-bond donors (Lipinski definition) is 0. The largest absolute Gasteiger partial charge is 0.384 e. The first-order valence-corrected chi connectivity index (χ1v) is 3.54. The molecule has 0 aromatic carbocycles. The minimum Gasteiger partial charge on any atom is -0.384 e. The van der Waals surface area contributed by atoms with Crippen LogP contribution in [0.1, 0.15) is 19.8 Å². The zero-order valence-electron chi connectivity index (χ0n) is 6.39. The summed E-state index contributed by atoms with van der Waals surface area (Å²) in [6, 6.07) is 0. The second-order valence-corrected chi connectivity index (χ2v) is 2.35. The predicted octanol–water partition coefficient (Wildman–Crippen LogP) is 1.64. The van der Waals surface area contributed by atoms with Crippen molar-refractivity contribution in [3.63, 3.8) is 0 Å². The highest BCUT2D eigenvalue weighted by molar-refractivity contribution is 6.08. The van der Waals surface area contributed by atoms with Gasteiger partial charge in [-0.3, -0.25) is 0 Å². The first kappa shape index (κ1) is 9.02. The normalized spacial score (nSPS) is 13.6. The molecular weight excluding hydrogens is 111 g/mol. The molecular formula is C7H15BO. The molecule has 0 fully saturated rings. The molecule has 0 saturated carbocycles. The van der Waals surface area contributed by atoms with E-state index in [0.717, 1.165) is 12.9 Å². The molecule has 2 heteroatoms. The number of methoxy groups -OCH3 is 1. The molecule has 1 unspecified atom stereocenters. The lowest BCUT2D eigenvalue weighted by molar-refractivity contribution is 0.155. The fourth-order valence-corrected chi connectivity index (χ4v) is 0.913. The van der Waals surface area contributed by atoms with Gasteiger partial charge in [0.05, 0.1) is 7.85 Å². The van der Waals surface area contributed by atoms with Gasteiger partial charge in [-0.2, -0.15) is 0 Å². The lowest BCUT2D eigenvalue weighted by Gasteiger charge is -2.11. The van der Waals surface area contributed by atoms with Gasteiger partial charge in [-0.15, -0.1) is 0 Å². The highest BCUT2D eigenvalue weighted by Crippen LogP contribution is 2.09. The SMILES string of the molecule is [B]CC(CCC)COC. The summed E-state index contributed by atoms with van der Waals surface area (Å²) < 4.78 is 4.97. The van der Waals surface area contributed by atoms with Crippen molar-refractivity contribution in [2.75, 3.05) is 13.7 Å². The molecule has 0 spiro atoms. The average molecular weight is 126 g/mol. The summed E-state index contributed by atoms with van der Waals surface area (Å²) in [4.78, 5) is 0. The van der Waals surface area contributed by atoms with Crippen LogP contribution in [0.15, 0.2) is 0 Å². The Hall–Kier alpha value is 0.0249. The summed E-state index contributed by atoms with van der Waals surface area (Å²) in [5.41, 5.74) is 0. The monoisotopic (exact) mass is 126 g/mol. The van der Waals surface area contributed by atoms with Crippen molar-refractivity contribution in [1.29, 1.82) is 0 Å². The minimum atomic E-state index is 0.569. The predicted molar refractivity (Wildman–Crippen MR) is 40.8 cm³/mol.